The molecule has 0 aliphatic carbocycles. The number of nitrogens with one attached hydrogen (secondary N) is 1. The number of para-hydroxylation sites is 1. The Hall–Kier alpha value is -1.97. The average molecular weight is 282 g/mol. The summed E-state index contributed by atoms with van der Waals surface area (Å²) in [4.78, 5) is 4.56. The van der Waals surface area contributed by atoms with Gasteiger partial charge in [0.25, 0.3) is 0 Å². The van der Waals surface area contributed by atoms with E-state index in [0.29, 0.717) is 0 Å². The van der Waals surface area contributed by atoms with E-state index in [4.69, 9.17) is 0 Å². The molecule has 0 aliphatic rings. The number of benzene rings is 2. The Morgan fingerprint density at radius 1 is 0.900 bits per heavy atom. The summed E-state index contributed by atoms with van der Waals surface area (Å²) in [7, 11) is 3.75. The minimum absolute atomic E-state index is 1.05. The molecule has 0 radical (unpaired) electrons. The van der Waals surface area contributed by atoms with Crippen LogP contribution in [0.4, 0.5) is 0 Å². The van der Waals surface area contributed by atoms with Crippen LogP contribution in [0.1, 0.15) is 10.6 Å². The van der Waals surface area contributed by atoms with Crippen LogP contribution in [0.5, 0.6) is 0 Å². The molecule has 20 heavy (non-hydrogen) atoms. The van der Waals surface area contributed by atoms with E-state index in [2.05, 4.69) is 40.7 Å². The van der Waals surface area contributed by atoms with Gasteiger partial charge in [0.15, 0.2) is 0 Å². The third-order valence-electron chi connectivity index (χ3n) is 2.53. The first-order valence-electron chi connectivity index (χ1n) is 6.50. The van der Waals surface area contributed by atoms with E-state index in [1.54, 1.807) is 11.3 Å². The van der Waals surface area contributed by atoms with Crippen LogP contribution in [0.15, 0.2) is 54.6 Å². The van der Waals surface area contributed by atoms with Crippen LogP contribution in [-0.4, -0.2) is 19.1 Å². The first-order valence-corrected chi connectivity index (χ1v) is 7.32. The molecule has 0 fully saturated rings. The number of rotatable bonds is 2. The molecule has 0 saturated carbocycles. The predicted octanol–water partition coefficient (Wildman–Crippen LogP) is 4.30. The molecule has 0 bridgehead atoms. The van der Waals surface area contributed by atoms with Gasteiger partial charge in [0, 0.05) is 0 Å². The molecule has 1 heterocycles. The number of hydrogen-bond acceptors (Lipinski definition) is 3. The van der Waals surface area contributed by atoms with Crippen molar-refractivity contribution in [2.75, 3.05) is 14.1 Å². The molecule has 0 saturated heterocycles. The molecular formula is C17H18N2S. The zero-order valence-electron chi connectivity index (χ0n) is 11.7. The van der Waals surface area contributed by atoms with Crippen molar-refractivity contribution < 1.29 is 0 Å². The topological polar surface area (TPSA) is 24.9 Å². The fraction of sp³-hybridized carbons (Fsp3) is 0.118. The maximum Gasteiger partial charge on any atom is 0.117 e. The molecule has 1 aromatic heterocycles. The van der Waals surface area contributed by atoms with E-state index >= 15 is 0 Å². The molecule has 3 rings (SSSR count). The number of fused-ring (bicyclic) bond motifs is 1. The van der Waals surface area contributed by atoms with E-state index in [0.717, 1.165) is 10.5 Å². The van der Waals surface area contributed by atoms with E-state index in [1.807, 2.05) is 50.5 Å². The quantitative estimate of drug-likeness (QED) is 0.758. The van der Waals surface area contributed by atoms with Crippen molar-refractivity contribution >= 4 is 33.7 Å². The highest BCUT2D eigenvalue weighted by atomic mass is 32.1. The third-order valence-corrected chi connectivity index (χ3v) is 3.53. The van der Waals surface area contributed by atoms with Crippen molar-refractivity contribution in [1.29, 1.82) is 0 Å². The lowest BCUT2D eigenvalue weighted by Gasteiger charge is -1.89. The minimum atomic E-state index is 1.05. The van der Waals surface area contributed by atoms with Gasteiger partial charge in [-0.15, -0.1) is 11.3 Å². The highest BCUT2D eigenvalue weighted by Gasteiger charge is 1.98. The lowest BCUT2D eigenvalue weighted by molar-refractivity contribution is 1.02. The number of nitrogens with zero attached hydrogens (tertiary/aromatic N) is 1. The van der Waals surface area contributed by atoms with Crippen LogP contribution in [0, 0.1) is 0 Å². The number of aromatic nitrogens is 1. The maximum atomic E-state index is 4.56. The molecule has 3 heteroatoms. The summed E-state index contributed by atoms with van der Waals surface area (Å²) in [6, 6.07) is 18.5. The van der Waals surface area contributed by atoms with Crippen LogP contribution in [-0.2, 0) is 0 Å². The summed E-state index contributed by atoms with van der Waals surface area (Å²) in [6.07, 6.45) is 4.16. The second-order valence-corrected chi connectivity index (χ2v) is 5.33. The Bertz CT molecular complexity index is 639. The molecule has 0 unspecified atom stereocenters. The summed E-state index contributed by atoms with van der Waals surface area (Å²) < 4.78 is 1.24. The van der Waals surface area contributed by atoms with Crippen molar-refractivity contribution in [2.45, 2.75) is 0 Å². The molecule has 102 valence electrons. The van der Waals surface area contributed by atoms with E-state index in [1.165, 1.54) is 10.3 Å². The van der Waals surface area contributed by atoms with Crippen molar-refractivity contribution in [3.8, 4) is 0 Å². The Balaban J connectivity index is 0.000000452. The Morgan fingerprint density at radius 3 is 2.25 bits per heavy atom. The predicted molar refractivity (Wildman–Crippen MR) is 90.0 cm³/mol. The van der Waals surface area contributed by atoms with Crippen LogP contribution >= 0.6 is 11.3 Å². The number of hydrogen-bond donors (Lipinski definition) is 1. The van der Waals surface area contributed by atoms with Gasteiger partial charge in [-0.25, -0.2) is 4.98 Å². The molecular weight excluding hydrogens is 264 g/mol. The summed E-state index contributed by atoms with van der Waals surface area (Å²) in [5.41, 5.74) is 2.27. The van der Waals surface area contributed by atoms with Gasteiger partial charge in [-0.2, -0.15) is 0 Å². The molecule has 2 nitrogen and oxygen atoms in total. The molecule has 2 aromatic carbocycles. The molecule has 3 aromatic rings. The molecule has 1 N–H and O–H groups in total. The largest absolute Gasteiger partial charge is 0.323 e. The van der Waals surface area contributed by atoms with Gasteiger partial charge in [0.1, 0.15) is 5.01 Å². The van der Waals surface area contributed by atoms with Crippen LogP contribution in [0.3, 0.4) is 0 Å². The lowest BCUT2D eigenvalue weighted by Crippen LogP contribution is -1.89. The van der Waals surface area contributed by atoms with E-state index in [9.17, 15) is 0 Å². The molecule has 0 atom stereocenters. The third kappa shape index (κ3) is 4.02. The Kier molecular flexibility index (Phi) is 5.47. The zero-order chi connectivity index (χ0) is 14.2. The van der Waals surface area contributed by atoms with Gasteiger partial charge in [-0.3, -0.25) is 0 Å². The van der Waals surface area contributed by atoms with Crippen LogP contribution in [0.2, 0.25) is 0 Å². The zero-order valence-corrected chi connectivity index (χ0v) is 12.5. The van der Waals surface area contributed by atoms with Gasteiger partial charge in [0.05, 0.1) is 10.2 Å². The maximum absolute atomic E-state index is 4.56. The van der Waals surface area contributed by atoms with Gasteiger partial charge in [-0.05, 0) is 37.9 Å². The van der Waals surface area contributed by atoms with Crippen LogP contribution in [0.25, 0.3) is 22.4 Å². The standard InChI is InChI=1S/C15H11NS.C2H7N/c1-2-6-12(7-3-1)10-11-15-16-13-8-4-5-9-14(13)17-15;1-3-2/h1-11H;3H,1-2H3. The summed E-state index contributed by atoms with van der Waals surface area (Å²) in [5.74, 6) is 0. The van der Waals surface area contributed by atoms with Gasteiger partial charge in [-0.1, -0.05) is 48.5 Å². The van der Waals surface area contributed by atoms with Gasteiger partial charge >= 0.3 is 0 Å². The first kappa shape index (κ1) is 14.4. The second kappa shape index (κ2) is 7.58. The fourth-order valence-electron chi connectivity index (χ4n) is 1.69. The second-order valence-electron chi connectivity index (χ2n) is 4.26. The summed E-state index contributed by atoms with van der Waals surface area (Å²) >= 11 is 1.72. The number of thiazole rings is 1. The fourth-order valence-corrected chi connectivity index (χ4v) is 2.56. The molecule has 0 amide bonds. The van der Waals surface area contributed by atoms with Crippen molar-refractivity contribution in [3.63, 3.8) is 0 Å². The van der Waals surface area contributed by atoms with Crippen molar-refractivity contribution in [2.24, 2.45) is 0 Å². The average Bonchev–Trinajstić information content (AvgIpc) is 2.90. The summed E-state index contributed by atoms with van der Waals surface area (Å²) in [6.45, 7) is 0. The minimum Gasteiger partial charge on any atom is -0.323 e. The van der Waals surface area contributed by atoms with Crippen LogP contribution < -0.4 is 5.32 Å². The molecule has 0 aliphatic heterocycles. The van der Waals surface area contributed by atoms with Crippen molar-refractivity contribution in [1.82, 2.24) is 10.3 Å². The Morgan fingerprint density at radius 2 is 1.55 bits per heavy atom. The van der Waals surface area contributed by atoms with Gasteiger partial charge in [0.2, 0.25) is 0 Å². The van der Waals surface area contributed by atoms with E-state index in [-0.39, 0.29) is 0 Å². The van der Waals surface area contributed by atoms with Crippen molar-refractivity contribution in [3.05, 3.63) is 65.2 Å². The highest BCUT2D eigenvalue weighted by molar-refractivity contribution is 7.19. The monoisotopic (exact) mass is 282 g/mol. The normalized spacial score (nSPS) is 10.5. The smallest absolute Gasteiger partial charge is 0.117 e. The lowest BCUT2D eigenvalue weighted by atomic mass is 10.2. The SMILES string of the molecule is C(=Cc1nc2ccccc2s1)c1ccccc1.CNC. The highest BCUT2D eigenvalue weighted by Crippen LogP contribution is 2.22. The summed E-state index contributed by atoms with van der Waals surface area (Å²) in [5, 5.41) is 3.80. The Labute approximate surface area is 123 Å². The van der Waals surface area contributed by atoms with Gasteiger partial charge < -0.3 is 5.32 Å². The first-order chi connectivity index (χ1) is 9.83. The molecule has 0 spiro atoms. The van der Waals surface area contributed by atoms with E-state index < -0.39 is 0 Å².